The minimum Gasteiger partial charge on any atom is -0.306 e. The van der Waals surface area contributed by atoms with E-state index >= 15 is 0 Å². The van der Waals surface area contributed by atoms with E-state index in [1.54, 1.807) is 0 Å². The largest absolute Gasteiger partial charge is 0.306 e. The van der Waals surface area contributed by atoms with Crippen molar-refractivity contribution in [1.82, 2.24) is 5.32 Å². The summed E-state index contributed by atoms with van der Waals surface area (Å²) in [5.74, 6) is 0.644. The van der Waals surface area contributed by atoms with Crippen LogP contribution in [0.1, 0.15) is 37.4 Å². The van der Waals surface area contributed by atoms with Gasteiger partial charge in [-0.2, -0.15) is 0 Å². The molecule has 0 bridgehead atoms. The van der Waals surface area contributed by atoms with Gasteiger partial charge in [0, 0.05) is 22.1 Å². The summed E-state index contributed by atoms with van der Waals surface area (Å²) in [5, 5.41) is 4.44. The second-order valence-electron chi connectivity index (χ2n) is 5.71. The average molecular weight is 367 g/mol. The fourth-order valence-corrected chi connectivity index (χ4v) is 2.99. The summed E-state index contributed by atoms with van der Waals surface area (Å²) in [6.45, 7) is 5.31. The van der Waals surface area contributed by atoms with Gasteiger partial charge in [-0.15, -0.1) is 0 Å². The molecule has 0 heterocycles. The quantitative estimate of drug-likeness (QED) is 0.663. The SMILES string of the molecule is CC(C)CC(NCc1cc(Cl)ccc1Br)c1ccccc1. The van der Waals surface area contributed by atoms with Crippen LogP contribution in [0.4, 0.5) is 0 Å². The smallest absolute Gasteiger partial charge is 0.0410 e. The fourth-order valence-electron chi connectivity index (χ4n) is 2.41. The first kappa shape index (κ1) is 16.5. The molecule has 0 aliphatic carbocycles. The maximum Gasteiger partial charge on any atom is 0.0410 e. The molecule has 112 valence electrons. The highest BCUT2D eigenvalue weighted by molar-refractivity contribution is 9.10. The number of hydrogen-bond donors (Lipinski definition) is 1. The number of rotatable bonds is 6. The van der Waals surface area contributed by atoms with Gasteiger partial charge in [0.15, 0.2) is 0 Å². The van der Waals surface area contributed by atoms with Gasteiger partial charge < -0.3 is 5.32 Å². The molecule has 0 aliphatic rings. The van der Waals surface area contributed by atoms with E-state index in [0.717, 1.165) is 22.5 Å². The van der Waals surface area contributed by atoms with Gasteiger partial charge in [0.25, 0.3) is 0 Å². The van der Waals surface area contributed by atoms with Gasteiger partial charge in [0.05, 0.1) is 0 Å². The molecule has 21 heavy (non-hydrogen) atoms. The van der Waals surface area contributed by atoms with Crippen LogP contribution in [0.5, 0.6) is 0 Å². The van der Waals surface area contributed by atoms with Crippen LogP contribution in [-0.2, 0) is 6.54 Å². The molecular formula is C18H21BrClN. The summed E-state index contributed by atoms with van der Waals surface area (Å²) in [7, 11) is 0. The Morgan fingerprint density at radius 1 is 1.10 bits per heavy atom. The van der Waals surface area contributed by atoms with E-state index in [2.05, 4.69) is 65.4 Å². The van der Waals surface area contributed by atoms with Crippen LogP contribution in [0.2, 0.25) is 5.02 Å². The van der Waals surface area contributed by atoms with E-state index in [1.807, 2.05) is 18.2 Å². The van der Waals surface area contributed by atoms with Gasteiger partial charge in [-0.25, -0.2) is 0 Å². The summed E-state index contributed by atoms with van der Waals surface area (Å²) in [6.07, 6.45) is 1.11. The second-order valence-corrected chi connectivity index (χ2v) is 7.00. The zero-order chi connectivity index (χ0) is 15.2. The predicted octanol–water partition coefficient (Wildman–Crippen LogP) is 5.98. The first-order valence-corrected chi connectivity index (χ1v) is 8.45. The van der Waals surface area contributed by atoms with Crippen LogP contribution >= 0.6 is 27.5 Å². The van der Waals surface area contributed by atoms with Gasteiger partial charge in [-0.1, -0.05) is 71.7 Å². The summed E-state index contributed by atoms with van der Waals surface area (Å²) in [5.41, 5.74) is 2.52. The molecule has 0 saturated carbocycles. The van der Waals surface area contributed by atoms with E-state index < -0.39 is 0 Å². The van der Waals surface area contributed by atoms with Gasteiger partial charge >= 0.3 is 0 Å². The first-order valence-electron chi connectivity index (χ1n) is 7.28. The molecular weight excluding hydrogens is 346 g/mol. The molecule has 0 saturated heterocycles. The third-order valence-corrected chi connectivity index (χ3v) is 4.46. The van der Waals surface area contributed by atoms with Gasteiger partial charge in [-0.3, -0.25) is 0 Å². The summed E-state index contributed by atoms with van der Waals surface area (Å²) >= 11 is 9.67. The Labute approximate surface area is 140 Å². The van der Waals surface area contributed by atoms with E-state index in [4.69, 9.17) is 11.6 Å². The molecule has 2 aromatic carbocycles. The van der Waals surface area contributed by atoms with Crippen LogP contribution < -0.4 is 5.32 Å². The Morgan fingerprint density at radius 3 is 2.48 bits per heavy atom. The molecule has 1 atom stereocenters. The normalized spacial score (nSPS) is 12.6. The highest BCUT2D eigenvalue weighted by atomic mass is 79.9. The average Bonchev–Trinajstić information content (AvgIpc) is 2.47. The van der Waals surface area contributed by atoms with Gasteiger partial charge in [-0.05, 0) is 41.7 Å². The maximum absolute atomic E-state index is 6.08. The number of benzene rings is 2. The fraction of sp³-hybridized carbons (Fsp3) is 0.333. The number of halogens is 2. The second kappa shape index (κ2) is 7.98. The van der Waals surface area contributed by atoms with Gasteiger partial charge in [0.1, 0.15) is 0 Å². The topological polar surface area (TPSA) is 12.0 Å². The van der Waals surface area contributed by atoms with Gasteiger partial charge in [0.2, 0.25) is 0 Å². The molecule has 3 heteroatoms. The van der Waals surface area contributed by atoms with Crippen molar-refractivity contribution in [2.75, 3.05) is 0 Å². The van der Waals surface area contributed by atoms with Crippen molar-refractivity contribution in [3.05, 3.63) is 69.2 Å². The van der Waals surface area contributed by atoms with Crippen LogP contribution in [0.3, 0.4) is 0 Å². The standard InChI is InChI=1S/C18H21BrClN/c1-13(2)10-18(14-6-4-3-5-7-14)21-12-15-11-16(20)8-9-17(15)19/h3-9,11,13,18,21H,10,12H2,1-2H3. The lowest BCUT2D eigenvalue weighted by atomic mass is 9.97. The van der Waals surface area contributed by atoms with Crippen LogP contribution in [0.15, 0.2) is 53.0 Å². The Balaban J connectivity index is 2.10. The summed E-state index contributed by atoms with van der Waals surface area (Å²) < 4.78 is 1.09. The first-order chi connectivity index (χ1) is 10.1. The zero-order valence-electron chi connectivity index (χ0n) is 12.4. The predicted molar refractivity (Wildman–Crippen MR) is 94.6 cm³/mol. The lowest BCUT2D eigenvalue weighted by molar-refractivity contribution is 0.428. The Morgan fingerprint density at radius 2 is 1.81 bits per heavy atom. The number of nitrogens with one attached hydrogen (secondary N) is 1. The summed E-state index contributed by atoms with van der Waals surface area (Å²) in [4.78, 5) is 0. The lowest BCUT2D eigenvalue weighted by Crippen LogP contribution is -2.22. The van der Waals surface area contributed by atoms with E-state index in [0.29, 0.717) is 12.0 Å². The Kier molecular flexibility index (Phi) is 6.28. The molecule has 1 unspecified atom stereocenters. The van der Waals surface area contributed by atoms with Crippen molar-refractivity contribution in [3.8, 4) is 0 Å². The molecule has 0 aliphatic heterocycles. The molecule has 0 spiro atoms. The van der Waals surface area contributed by atoms with Crippen LogP contribution in [0, 0.1) is 5.92 Å². The van der Waals surface area contributed by atoms with E-state index in [-0.39, 0.29) is 0 Å². The molecule has 0 fully saturated rings. The van der Waals surface area contributed by atoms with E-state index in [1.165, 1.54) is 11.1 Å². The third kappa shape index (κ3) is 5.14. The maximum atomic E-state index is 6.08. The molecule has 0 aromatic heterocycles. The Bertz CT molecular complexity index is 569. The molecule has 1 N–H and O–H groups in total. The van der Waals surface area contributed by atoms with Crippen molar-refractivity contribution >= 4 is 27.5 Å². The van der Waals surface area contributed by atoms with Crippen molar-refractivity contribution < 1.29 is 0 Å². The van der Waals surface area contributed by atoms with Crippen molar-refractivity contribution in [2.24, 2.45) is 5.92 Å². The molecule has 0 radical (unpaired) electrons. The lowest BCUT2D eigenvalue weighted by Gasteiger charge is -2.21. The van der Waals surface area contributed by atoms with Crippen molar-refractivity contribution in [3.63, 3.8) is 0 Å². The van der Waals surface area contributed by atoms with Crippen LogP contribution in [-0.4, -0.2) is 0 Å². The summed E-state index contributed by atoms with van der Waals surface area (Å²) in [6, 6.07) is 16.9. The van der Waals surface area contributed by atoms with E-state index in [9.17, 15) is 0 Å². The van der Waals surface area contributed by atoms with Crippen molar-refractivity contribution in [1.29, 1.82) is 0 Å². The molecule has 2 rings (SSSR count). The number of hydrogen-bond acceptors (Lipinski definition) is 1. The molecule has 1 nitrogen and oxygen atoms in total. The van der Waals surface area contributed by atoms with Crippen LogP contribution in [0.25, 0.3) is 0 Å². The third-order valence-electron chi connectivity index (χ3n) is 3.46. The Hall–Kier alpha value is -0.830. The monoisotopic (exact) mass is 365 g/mol. The minimum absolute atomic E-state index is 0.358. The zero-order valence-corrected chi connectivity index (χ0v) is 14.8. The minimum atomic E-state index is 0.358. The highest BCUT2D eigenvalue weighted by Gasteiger charge is 2.13. The van der Waals surface area contributed by atoms with Crippen molar-refractivity contribution in [2.45, 2.75) is 32.9 Å². The molecule has 2 aromatic rings. The highest BCUT2D eigenvalue weighted by Crippen LogP contribution is 2.25. The molecule has 0 amide bonds.